The summed E-state index contributed by atoms with van der Waals surface area (Å²) in [5, 5.41) is 0. The first-order valence-corrected chi connectivity index (χ1v) is 1.15. The normalized spacial score (nSPS) is 4.12. The first-order chi connectivity index (χ1) is 2.27. The second-order valence-corrected chi connectivity index (χ2v) is 0.568. The molecule has 1 nitrogen and oxygen atoms in total. The summed E-state index contributed by atoms with van der Waals surface area (Å²) in [6.45, 7) is 9.09. The van der Waals surface area contributed by atoms with E-state index in [4.69, 9.17) is 6.92 Å². The van der Waals surface area contributed by atoms with Crippen LogP contribution in [-0.2, 0) is 4.79 Å². The number of ketones is 1. The first-order valence-electron chi connectivity index (χ1n) is 1.15. The smallest absolute Gasteiger partial charge is 0.164 e. The van der Waals surface area contributed by atoms with Gasteiger partial charge in [-0.25, -0.2) is 0 Å². The van der Waals surface area contributed by atoms with E-state index in [1.54, 1.807) is 0 Å². The standard InChI is InChI=1S/C4H3O.Ga.In.Sn/c1-3-4(2)5;;;/h3H,1H2;;;. The zero-order valence-corrected chi connectivity index (χ0v) is 12.9. The van der Waals surface area contributed by atoms with Crippen LogP contribution in [-0.4, -0.2) is 75.3 Å². The molecule has 0 atom stereocenters. The van der Waals surface area contributed by atoms with Crippen LogP contribution in [0.25, 0.3) is 0 Å². The Kier molecular flexibility index (Phi) is 44.9. The Hall–Kier alpha value is 1.72. The molecule has 4 heteroatoms. The molecule has 0 aromatic carbocycles. The van der Waals surface area contributed by atoms with E-state index in [1.165, 1.54) is 0 Å². The fraction of sp³-hybridized carbons (Fsp3) is 0. The summed E-state index contributed by atoms with van der Waals surface area (Å²) in [5.74, 6) is -0.731. The third-order valence-corrected chi connectivity index (χ3v) is 0.185. The average molecular weight is 370 g/mol. The van der Waals surface area contributed by atoms with Crippen LogP contribution in [0.4, 0.5) is 0 Å². The van der Waals surface area contributed by atoms with E-state index in [0.717, 1.165) is 6.08 Å². The second kappa shape index (κ2) is 15.9. The van der Waals surface area contributed by atoms with Gasteiger partial charge in [0.05, 0.1) is 6.92 Å². The SMILES string of the molecule is [C]C(=O)C=C.[Ga].[In].[Sn]. The number of carbonyl (C=O) groups is 1. The van der Waals surface area contributed by atoms with Gasteiger partial charge in [0, 0.05) is 69.5 Å². The predicted molar refractivity (Wildman–Crippen MR) is 35.7 cm³/mol. The summed E-state index contributed by atoms with van der Waals surface area (Å²) in [5.41, 5.74) is 0. The van der Waals surface area contributed by atoms with E-state index >= 15 is 0 Å². The summed E-state index contributed by atoms with van der Waals surface area (Å²) in [7, 11) is 0. The molecule has 0 aromatic rings. The molecule has 8 heavy (non-hydrogen) atoms. The molecule has 0 unspecified atom stereocenters. The minimum absolute atomic E-state index is 0. The Morgan fingerprint density at radius 2 is 1.75 bits per heavy atom. The molecule has 0 aliphatic carbocycles. The van der Waals surface area contributed by atoms with Crippen molar-refractivity contribution in [1.82, 2.24) is 0 Å². The van der Waals surface area contributed by atoms with Crippen molar-refractivity contribution in [2.24, 2.45) is 0 Å². The van der Waals surface area contributed by atoms with Gasteiger partial charge in [-0.2, -0.15) is 0 Å². The Labute approximate surface area is 98.5 Å². The van der Waals surface area contributed by atoms with Gasteiger partial charge in [-0.1, -0.05) is 6.58 Å². The second-order valence-electron chi connectivity index (χ2n) is 0.568. The van der Waals surface area contributed by atoms with Gasteiger partial charge in [-0.15, -0.1) is 0 Å². The molecule has 0 saturated heterocycles. The minimum Gasteiger partial charge on any atom is -0.294 e. The minimum atomic E-state index is -0.731. The third-order valence-electron chi connectivity index (χ3n) is 0.185. The van der Waals surface area contributed by atoms with Crippen LogP contribution < -0.4 is 0 Å². The van der Waals surface area contributed by atoms with E-state index in [-0.39, 0.29) is 69.5 Å². The van der Waals surface area contributed by atoms with Crippen molar-refractivity contribution >= 4 is 75.3 Å². The summed E-state index contributed by atoms with van der Waals surface area (Å²) in [4.78, 5) is 9.36. The van der Waals surface area contributed by atoms with Crippen LogP contribution >= 0.6 is 0 Å². The quantitative estimate of drug-likeness (QED) is 0.436. The molecule has 0 amide bonds. The van der Waals surface area contributed by atoms with Gasteiger partial charge in [0.25, 0.3) is 0 Å². The molecular weight excluding hydrogens is 367 g/mol. The summed E-state index contributed by atoms with van der Waals surface area (Å²) in [6.07, 6.45) is 0.944. The maximum Gasteiger partial charge on any atom is 0.164 e. The van der Waals surface area contributed by atoms with E-state index < -0.39 is 5.78 Å². The van der Waals surface area contributed by atoms with Crippen LogP contribution in [0.3, 0.4) is 0 Å². The van der Waals surface area contributed by atoms with E-state index in [2.05, 4.69) is 6.58 Å². The average Bonchev–Trinajstić information content (AvgIpc) is 1.38. The summed E-state index contributed by atoms with van der Waals surface area (Å²) in [6, 6.07) is 0. The Morgan fingerprint density at radius 1 is 1.62 bits per heavy atom. The van der Waals surface area contributed by atoms with Crippen molar-refractivity contribution in [3.05, 3.63) is 19.6 Å². The predicted octanol–water partition coefficient (Wildman–Crippen LogP) is -0.813. The van der Waals surface area contributed by atoms with Crippen LogP contribution in [0.15, 0.2) is 12.7 Å². The van der Waals surface area contributed by atoms with Crippen molar-refractivity contribution in [3.8, 4) is 0 Å². The third kappa shape index (κ3) is 25.2. The van der Waals surface area contributed by atoms with E-state index in [0.29, 0.717) is 0 Å². The molecule has 0 N–H and O–H groups in total. The molecule has 0 aliphatic rings. The Balaban J connectivity index is -0.0000000267. The zero-order valence-electron chi connectivity index (χ0n) is 4.35. The zero-order chi connectivity index (χ0) is 4.28. The number of allylic oxidation sites excluding steroid dienone is 1. The first kappa shape index (κ1) is 22.6. The Bertz CT molecular complexity index is 67.1. The van der Waals surface area contributed by atoms with Gasteiger partial charge in [0.15, 0.2) is 5.78 Å². The van der Waals surface area contributed by atoms with Gasteiger partial charge in [0.2, 0.25) is 0 Å². The molecule has 13 radical (unpaired) electrons. The monoisotopic (exact) mass is 371 g/mol. The molecule has 0 rings (SSSR count). The van der Waals surface area contributed by atoms with Gasteiger partial charge >= 0.3 is 0 Å². The van der Waals surface area contributed by atoms with Gasteiger partial charge in [0.1, 0.15) is 0 Å². The van der Waals surface area contributed by atoms with Crippen LogP contribution in [0.5, 0.6) is 0 Å². The van der Waals surface area contributed by atoms with Gasteiger partial charge in [-0.3, -0.25) is 4.79 Å². The van der Waals surface area contributed by atoms with E-state index in [1.807, 2.05) is 0 Å². The molecule has 0 bridgehead atoms. The summed E-state index contributed by atoms with van der Waals surface area (Å²) < 4.78 is 0. The van der Waals surface area contributed by atoms with Crippen LogP contribution in [0.2, 0.25) is 0 Å². The van der Waals surface area contributed by atoms with Gasteiger partial charge in [-0.05, 0) is 6.08 Å². The number of hydrogen-bond acceptors (Lipinski definition) is 1. The van der Waals surface area contributed by atoms with Crippen LogP contribution in [0.1, 0.15) is 0 Å². The van der Waals surface area contributed by atoms with E-state index in [9.17, 15) is 4.79 Å². The fourth-order valence-electron chi connectivity index (χ4n) is 0. The largest absolute Gasteiger partial charge is 0.294 e. The molecule has 35 valence electrons. The molecule has 0 spiro atoms. The fourth-order valence-corrected chi connectivity index (χ4v) is 0. The molecule has 0 saturated carbocycles. The maximum absolute atomic E-state index is 9.36. The van der Waals surface area contributed by atoms with Gasteiger partial charge < -0.3 is 0 Å². The number of rotatable bonds is 1. The molecular formula is C4H3GaInOSn. The maximum atomic E-state index is 9.36. The molecule has 0 aromatic heterocycles. The van der Waals surface area contributed by atoms with Crippen molar-refractivity contribution in [1.29, 1.82) is 0 Å². The van der Waals surface area contributed by atoms with Crippen molar-refractivity contribution in [3.63, 3.8) is 0 Å². The van der Waals surface area contributed by atoms with Crippen LogP contribution in [0, 0.1) is 6.92 Å². The van der Waals surface area contributed by atoms with Crippen molar-refractivity contribution in [2.45, 2.75) is 0 Å². The molecule has 0 heterocycles. The summed E-state index contributed by atoms with van der Waals surface area (Å²) >= 11 is 0. The van der Waals surface area contributed by atoms with Crippen molar-refractivity contribution < 1.29 is 4.79 Å². The van der Waals surface area contributed by atoms with Crippen molar-refractivity contribution in [2.75, 3.05) is 0 Å². The number of carbonyl (C=O) groups excluding carboxylic acids is 1. The Morgan fingerprint density at radius 3 is 1.75 bits per heavy atom. The number of hydrogen-bond donors (Lipinski definition) is 0. The topological polar surface area (TPSA) is 17.1 Å². The molecule has 0 aliphatic heterocycles. The molecule has 0 fully saturated rings.